The third-order valence-electron chi connectivity index (χ3n) is 3.29. The summed E-state index contributed by atoms with van der Waals surface area (Å²) in [6.45, 7) is 3.61. The highest BCUT2D eigenvalue weighted by Gasteiger charge is 2.06. The molecule has 1 heterocycles. The summed E-state index contributed by atoms with van der Waals surface area (Å²) in [6, 6.07) is 16.1. The molecule has 0 aliphatic carbocycles. The number of pyridine rings is 1. The fourth-order valence-electron chi connectivity index (χ4n) is 2.08. The third kappa shape index (κ3) is 6.12. The van der Waals surface area contributed by atoms with Crippen molar-refractivity contribution in [3.05, 3.63) is 54.2 Å². The number of thioether (sulfide) groups is 1. The Labute approximate surface area is 147 Å². The highest BCUT2D eigenvalue weighted by atomic mass is 32.2. The normalized spacial score (nSPS) is 12.5. The molecular weight excluding hydrogens is 320 g/mol. The molecule has 5 nitrogen and oxygen atoms in total. The zero-order chi connectivity index (χ0) is 17.2. The minimum absolute atomic E-state index is 0.431. The molecular formula is C18H24N4OS. The van der Waals surface area contributed by atoms with Gasteiger partial charge in [-0.3, -0.25) is 4.99 Å². The van der Waals surface area contributed by atoms with Crippen molar-refractivity contribution in [1.29, 1.82) is 0 Å². The average Bonchev–Trinajstić information content (AvgIpc) is 2.63. The molecule has 24 heavy (non-hydrogen) atoms. The van der Waals surface area contributed by atoms with E-state index in [1.165, 1.54) is 4.90 Å². The molecule has 0 bridgehead atoms. The van der Waals surface area contributed by atoms with Crippen LogP contribution >= 0.6 is 11.8 Å². The van der Waals surface area contributed by atoms with Crippen LogP contribution in [0.15, 0.2) is 58.4 Å². The zero-order valence-electron chi connectivity index (χ0n) is 14.3. The second-order valence-electron chi connectivity index (χ2n) is 5.22. The van der Waals surface area contributed by atoms with Gasteiger partial charge in [0.1, 0.15) is 0 Å². The first-order valence-corrected chi connectivity index (χ1v) is 8.75. The molecule has 1 aromatic carbocycles. The fourth-order valence-corrected chi connectivity index (χ4v) is 3.02. The van der Waals surface area contributed by atoms with E-state index < -0.39 is 0 Å². The third-order valence-corrected chi connectivity index (χ3v) is 4.40. The number of nitrogens with one attached hydrogen (secondary N) is 2. The minimum Gasteiger partial charge on any atom is -0.481 e. The van der Waals surface area contributed by atoms with Crippen LogP contribution in [0.5, 0.6) is 5.88 Å². The second kappa shape index (κ2) is 9.82. The smallest absolute Gasteiger partial charge is 0.213 e. The monoisotopic (exact) mass is 344 g/mol. The largest absolute Gasteiger partial charge is 0.481 e. The van der Waals surface area contributed by atoms with E-state index in [2.05, 4.69) is 51.8 Å². The summed E-state index contributed by atoms with van der Waals surface area (Å²) >= 11 is 1.84. The first-order valence-electron chi connectivity index (χ1n) is 7.87. The number of hydrogen-bond donors (Lipinski definition) is 2. The van der Waals surface area contributed by atoms with Crippen LogP contribution in [0.3, 0.4) is 0 Å². The van der Waals surface area contributed by atoms with Crippen LogP contribution in [0.25, 0.3) is 0 Å². The van der Waals surface area contributed by atoms with Crippen LogP contribution in [0.1, 0.15) is 12.6 Å². The van der Waals surface area contributed by atoms with E-state index >= 15 is 0 Å². The van der Waals surface area contributed by atoms with Gasteiger partial charge in [0.25, 0.3) is 0 Å². The molecule has 0 spiro atoms. The lowest BCUT2D eigenvalue weighted by molar-refractivity contribution is 0.396. The molecule has 0 aliphatic rings. The quantitative estimate of drug-likeness (QED) is 0.459. The summed E-state index contributed by atoms with van der Waals surface area (Å²) in [6.07, 6.45) is 0. The number of rotatable bonds is 7. The molecule has 128 valence electrons. The van der Waals surface area contributed by atoms with Crippen molar-refractivity contribution in [3.63, 3.8) is 0 Å². The van der Waals surface area contributed by atoms with E-state index in [-0.39, 0.29) is 0 Å². The molecule has 2 aromatic rings. The van der Waals surface area contributed by atoms with E-state index in [0.29, 0.717) is 17.7 Å². The molecule has 1 aromatic heterocycles. The maximum Gasteiger partial charge on any atom is 0.213 e. The second-order valence-corrected chi connectivity index (χ2v) is 6.73. The van der Waals surface area contributed by atoms with Crippen LogP contribution in [-0.4, -0.2) is 36.9 Å². The van der Waals surface area contributed by atoms with E-state index in [1.807, 2.05) is 36.0 Å². The predicted molar refractivity (Wildman–Crippen MR) is 101 cm³/mol. The number of methoxy groups -OCH3 is 1. The molecule has 1 unspecified atom stereocenters. The van der Waals surface area contributed by atoms with Gasteiger partial charge < -0.3 is 15.4 Å². The Morgan fingerprint density at radius 2 is 1.96 bits per heavy atom. The number of aromatic nitrogens is 1. The van der Waals surface area contributed by atoms with E-state index in [0.717, 1.165) is 18.2 Å². The first kappa shape index (κ1) is 18.1. The summed E-state index contributed by atoms with van der Waals surface area (Å²) in [4.78, 5) is 9.90. The summed E-state index contributed by atoms with van der Waals surface area (Å²) in [5.41, 5.74) is 0.906. The first-order chi connectivity index (χ1) is 11.7. The number of hydrogen-bond acceptors (Lipinski definition) is 4. The molecule has 0 amide bonds. The number of benzene rings is 1. The topological polar surface area (TPSA) is 58.5 Å². The van der Waals surface area contributed by atoms with Gasteiger partial charge >= 0.3 is 0 Å². The molecule has 0 radical (unpaired) electrons. The van der Waals surface area contributed by atoms with Crippen molar-refractivity contribution in [2.24, 2.45) is 4.99 Å². The van der Waals surface area contributed by atoms with Gasteiger partial charge in [0.15, 0.2) is 5.96 Å². The minimum atomic E-state index is 0.431. The lowest BCUT2D eigenvalue weighted by Crippen LogP contribution is -2.39. The Morgan fingerprint density at radius 3 is 2.67 bits per heavy atom. The van der Waals surface area contributed by atoms with Crippen LogP contribution in [0.2, 0.25) is 0 Å². The zero-order valence-corrected chi connectivity index (χ0v) is 15.1. The van der Waals surface area contributed by atoms with Gasteiger partial charge in [0.2, 0.25) is 5.88 Å². The average molecular weight is 344 g/mol. The fraction of sp³-hybridized carbons (Fsp3) is 0.333. The van der Waals surface area contributed by atoms with Gasteiger partial charge in [-0.15, -0.1) is 11.8 Å². The molecule has 1 atom stereocenters. The van der Waals surface area contributed by atoms with Crippen molar-refractivity contribution in [2.75, 3.05) is 20.7 Å². The maximum absolute atomic E-state index is 5.14. The highest BCUT2D eigenvalue weighted by Crippen LogP contribution is 2.21. The van der Waals surface area contributed by atoms with Gasteiger partial charge in [-0.05, 0) is 18.2 Å². The Balaban J connectivity index is 1.77. The number of nitrogens with zero attached hydrogens (tertiary/aromatic N) is 2. The molecule has 2 N–H and O–H groups in total. The molecule has 0 saturated carbocycles. The Morgan fingerprint density at radius 1 is 1.17 bits per heavy atom. The lowest BCUT2D eigenvalue weighted by atomic mass is 10.3. The summed E-state index contributed by atoms with van der Waals surface area (Å²) in [5, 5.41) is 7.05. The summed E-state index contributed by atoms with van der Waals surface area (Å²) in [5.74, 6) is 1.38. The molecule has 2 rings (SSSR count). The molecule has 0 fully saturated rings. The van der Waals surface area contributed by atoms with Gasteiger partial charge in [-0.1, -0.05) is 31.2 Å². The van der Waals surface area contributed by atoms with E-state index in [9.17, 15) is 0 Å². The van der Waals surface area contributed by atoms with Crippen LogP contribution in [0.4, 0.5) is 0 Å². The SMILES string of the molecule is CN=C(NCc1cccc(OC)n1)NCC(C)Sc1ccccc1. The Hall–Kier alpha value is -2.21. The van der Waals surface area contributed by atoms with E-state index in [4.69, 9.17) is 4.74 Å². The number of guanidine groups is 1. The van der Waals surface area contributed by atoms with Gasteiger partial charge in [-0.2, -0.15) is 0 Å². The lowest BCUT2D eigenvalue weighted by Gasteiger charge is -2.16. The predicted octanol–water partition coefficient (Wildman–Crippen LogP) is 2.94. The van der Waals surface area contributed by atoms with Crippen LogP contribution < -0.4 is 15.4 Å². The van der Waals surface area contributed by atoms with Crippen molar-refractivity contribution in [1.82, 2.24) is 15.6 Å². The molecule has 0 aliphatic heterocycles. The standard InChI is InChI=1S/C18H24N4OS/c1-14(24-16-9-5-4-6-10-16)12-20-18(19-2)21-13-15-8-7-11-17(22-15)23-3/h4-11,14H,12-13H2,1-3H3,(H2,19,20,21). The van der Waals surface area contributed by atoms with E-state index in [1.54, 1.807) is 14.2 Å². The maximum atomic E-state index is 5.14. The Kier molecular flexibility index (Phi) is 7.42. The van der Waals surface area contributed by atoms with Gasteiger partial charge in [0, 0.05) is 29.8 Å². The van der Waals surface area contributed by atoms with Gasteiger partial charge in [-0.25, -0.2) is 4.98 Å². The summed E-state index contributed by atoms with van der Waals surface area (Å²) in [7, 11) is 3.38. The van der Waals surface area contributed by atoms with Crippen molar-refractivity contribution < 1.29 is 4.74 Å². The summed E-state index contributed by atoms with van der Waals surface area (Å²) < 4.78 is 5.14. The molecule has 6 heteroatoms. The molecule has 0 saturated heterocycles. The van der Waals surface area contributed by atoms with Gasteiger partial charge in [0.05, 0.1) is 19.3 Å². The highest BCUT2D eigenvalue weighted by molar-refractivity contribution is 8.00. The Bertz CT molecular complexity index is 648. The van der Waals surface area contributed by atoms with Crippen molar-refractivity contribution in [3.8, 4) is 5.88 Å². The van der Waals surface area contributed by atoms with Crippen molar-refractivity contribution in [2.45, 2.75) is 23.6 Å². The van der Waals surface area contributed by atoms with Crippen molar-refractivity contribution >= 4 is 17.7 Å². The number of aliphatic imine (C=N–C) groups is 1. The van der Waals surface area contributed by atoms with Crippen LogP contribution in [0, 0.1) is 0 Å². The van der Waals surface area contributed by atoms with Crippen LogP contribution in [-0.2, 0) is 6.54 Å². The number of ether oxygens (including phenoxy) is 1.